The van der Waals surface area contributed by atoms with Crippen LogP contribution in [0.2, 0.25) is 0 Å². The lowest BCUT2D eigenvalue weighted by Gasteiger charge is -2.60. The third-order valence-corrected chi connectivity index (χ3v) is 7.59. The fourth-order valence-corrected chi connectivity index (χ4v) is 6.72. The summed E-state index contributed by atoms with van der Waals surface area (Å²) in [7, 11) is 4.32. The van der Waals surface area contributed by atoms with Gasteiger partial charge in [0.2, 0.25) is 5.91 Å². The molecule has 0 saturated heterocycles. The first-order chi connectivity index (χ1) is 15.4. The molecule has 0 spiro atoms. The lowest BCUT2D eigenvalue weighted by molar-refractivity contribution is -0.150. The van der Waals surface area contributed by atoms with Crippen LogP contribution >= 0.6 is 0 Å². The van der Waals surface area contributed by atoms with E-state index < -0.39 is 11.4 Å². The number of anilines is 1. The number of carbonyl (C=O) groups is 2. The van der Waals surface area contributed by atoms with Crippen molar-refractivity contribution in [1.29, 1.82) is 0 Å². The van der Waals surface area contributed by atoms with Gasteiger partial charge >= 0.3 is 5.97 Å². The first-order valence-corrected chi connectivity index (χ1v) is 10.9. The molecule has 9 nitrogen and oxygen atoms in total. The second-order valence-corrected chi connectivity index (χ2v) is 9.50. The SMILES string of the molecule is COC(=O)c1cc(OC)c(OC)cc1NC(=O)C12CC3CC(C1)CC(n1cncn1)(C3)C2. The Hall–Kier alpha value is -3.10. The zero-order valence-electron chi connectivity index (χ0n) is 18.6. The molecular weight excluding hydrogens is 412 g/mol. The number of nitrogens with one attached hydrogen (secondary N) is 1. The van der Waals surface area contributed by atoms with E-state index in [0.717, 1.165) is 38.5 Å². The lowest BCUT2D eigenvalue weighted by Crippen LogP contribution is -2.60. The first kappa shape index (κ1) is 20.8. The number of esters is 1. The van der Waals surface area contributed by atoms with Gasteiger partial charge in [0.05, 0.1) is 43.5 Å². The van der Waals surface area contributed by atoms with Crippen LogP contribution in [0.5, 0.6) is 11.5 Å². The molecule has 4 bridgehead atoms. The minimum Gasteiger partial charge on any atom is -0.493 e. The van der Waals surface area contributed by atoms with Crippen molar-refractivity contribution in [3.63, 3.8) is 0 Å². The van der Waals surface area contributed by atoms with Gasteiger partial charge in [-0.15, -0.1) is 0 Å². The zero-order chi connectivity index (χ0) is 22.5. The Kier molecular flexibility index (Phi) is 4.87. The zero-order valence-corrected chi connectivity index (χ0v) is 18.6. The summed E-state index contributed by atoms with van der Waals surface area (Å²) in [6, 6.07) is 3.16. The monoisotopic (exact) mass is 440 g/mol. The van der Waals surface area contributed by atoms with Crippen LogP contribution in [0.1, 0.15) is 48.9 Å². The number of nitrogens with zero attached hydrogens (tertiary/aromatic N) is 3. The molecule has 9 heteroatoms. The summed E-state index contributed by atoms with van der Waals surface area (Å²) in [6.45, 7) is 0. The molecule has 4 fully saturated rings. The molecule has 2 aromatic rings. The van der Waals surface area contributed by atoms with Crippen molar-refractivity contribution < 1.29 is 23.8 Å². The van der Waals surface area contributed by atoms with E-state index in [1.807, 2.05) is 4.68 Å². The Morgan fingerprint density at radius 2 is 1.75 bits per heavy atom. The van der Waals surface area contributed by atoms with Crippen molar-refractivity contribution in [1.82, 2.24) is 14.8 Å². The molecule has 0 aliphatic heterocycles. The molecule has 1 aromatic carbocycles. The van der Waals surface area contributed by atoms with E-state index >= 15 is 0 Å². The summed E-state index contributed by atoms with van der Waals surface area (Å²) in [6.07, 6.45) is 9.01. The molecule has 2 atom stereocenters. The number of carbonyl (C=O) groups excluding carboxylic acids is 2. The Morgan fingerprint density at radius 1 is 1.06 bits per heavy atom. The molecule has 0 radical (unpaired) electrons. The molecule has 4 aliphatic rings. The first-order valence-electron chi connectivity index (χ1n) is 10.9. The number of benzene rings is 1. The van der Waals surface area contributed by atoms with Gasteiger partial charge in [0, 0.05) is 12.1 Å². The summed E-state index contributed by atoms with van der Waals surface area (Å²) >= 11 is 0. The van der Waals surface area contributed by atoms with Crippen molar-refractivity contribution in [2.45, 2.75) is 44.1 Å². The van der Waals surface area contributed by atoms with E-state index in [9.17, 15) is 9.59 Å². The maximum Gasteiger partial charge on any atom is 0.340 e. The molecule has 170 valence electrons. The van der Waals surface area contributed by atoms with Crippen LogP contribution in [0.3, 0.4) is 0 Å². The third-order valence-electron chi connectivity index (χ3n) is 7.59. The average Bonchev–Trinajstić information content (AvgIpc) is 3.33. The van der Waals surface area contributed by atoms with Crippen molar-refractivity contribution >= 4 is 17.6 Å². The van der Waals surface area contributed by atoms with E-state index in [1.165, 1.54) is 27.4 Å². The van der Waals surface area contributed by atoms with Crippen molar-refractivity contribution in [2.24, 2.45) is 17.3 Å². The van der Waals surface area contributed by atoms with Crippen LogP contribution in [0.4, 0.5) is 5.69 Å². The fourth-order valence-electron chi connectivity index (χ4n) is 6.72. The van der Waals surface area contributed by atoms with Crippen LogP contribution in [0, 0.1) is 17.3 Å². The molecule has 6 rings (SSSR count). The molecule has 1 amide bonds. The van der Waals surface area contributed by atoms with Crippen LogP contribution < -0.4 is 14.8 Å². The van der Waals surface area contributed by atoms with Crippen molar-refractivity contribution in [2.75, 3.05) is 26.6 Å². The Labute approximate surface area is 186 Å². The Balaban J connectivity index is 1.50. The molecule has 1 aromatic heterocycles. The summed E-state index contributed by atoms with van der Waals surface area (Å²) in [5.74, 6) is 1.18. The van der Waals surface area contributed by atoms with Gasteiger partial charge in [-0.2, -0.15) is 5.10 Å². The highest BCUT2D eigenvalue weighted by molar-refractivity contribution is 6.04. The third kappa shape index (κ3) is 3.13. The number of amides is 1. The normalized spacial score (nSPS) is 30.1. The van der Waals surface area contributed by atoms with E-state index in [-0.39, 0.29) is 17.0 Å². The van der Waals surface area contributed by atoms with Crippen LogP contribution in [0.25, 0.3) is 0 Å². The Bertz CT molecular complexity index is 1040. The van der Waals surface area contributed by atoms with E-state index in [1.54, 1.807) is 18.7 Å². The highest BCUT2D eigenvalue weighted by Gasteiger charge is 2.61. The quantitative estimate of drug-likeness (QED) is 0.689. The predicted octanol–water partition coefficient (Wildman–Crippen LogP) is 3.02. The predicted molar refractivity (Wildman–Crippen MR) is 115 cm³/mol. The standard InChI is InChI=1S/C23H28N4O5/c1-30-18-5-16(20(28)32-3)17(6-19(18)31-2)26-21(29)22-7-14-4-15(8-22)10-23(9-14,11-22)27-13-24-12-25-27/h5-6,12-15H,4,7-11H2,1-3H3,(H,26,29). The highest BCUT2D eigenvalue weighted by atomic mass is 16.5. The van der Waals surface area contributed by atoms with E-state index in [2.05, 4.69) is 15.4 Å². The van der Waals surface area contributed by atoms with Gasteiger partial charge in [-0.25, -0.2) is 14.5 Å². The molecule has 2 unspecified atom stereocenters. The number of hydrogen-bond donors (Lipinski definition) is 1. The number of aromatic nitrogens is 3. The Morgan fingerprint density at radius 3 is 2.34 bits per heavy atom. The van der Waals surface area contributed by atoms with Gasteiger partial charge in [-0.1, -0.05) is 0 Å². The fraction of sp³-hybridized carbons (Fsp3) is 0.565. The topological polar surface area (TPSA) is 105 Å². The highest BCUT2D eigenvalue weighted by Crippen LogP contribution is 2.64. The summed E-state index contributed by atoms with van der Waals surface area (Å²) in [4.78, 5) is 30.4. The molecule has 1 N–H and O–H groups in total. The van der Waals surface area contributed by atoms with Gasteiger partial charge in [0.25, 0.3) is 0 Å². The number of ether oxygens (including phenoxy) is 3. The van der Waals surface area contributed by atoms with Gasteiger partial charge < -0.3 is 19.5 Å². The molecule has 32 heavy (non-hydrogen) atoms. The maximum absolute atomic E-state index is 13.8. The molecule has 4 saturated carbocycles. The van der Waals surface area contributed by atoms with Crippen molar-refractivity contribution in [3.8, 4) is 11.5 Å². The second-order valence-electron chi connectivity index (χ2n) is 9.50. The molecular formula is C23H28N4O5. The van der Waals surface area contributed by atoms with Gasteiger partial charge in [-0.05, 0) is 50.4 Å². The summed E-state index contributed by atoms with van der Waals surface area (Å²) < 4.78 is 17.6. The molecule has 1 heterocycles. The van der Waals surface area contributed by atoms with Crippen molar-refractivity contribution in [3.05, 3.63) is 30.4 Å². The number of methoxy groups -OCH3 is 3. The lowest BCUT2D eigenvalue weighted by atomic mass is 9.46. The summed E-state index contributed by atoms with van der Waals surface area (Å²) in [5, 5.41) is 7.50. The number of rotatable bonds is 6. The van der Waals surface area contributed by atoms with E-state index in [4.69, 9.17) is 14.2 Å². The summed E-state index contributed by atoms with van der Waals surface area (Å²) in [5.41, 5.74) is -0.0728. The largest absolute Gasteiger partial charge is 0.493 e. The van der Waals surface area contributed by atoms with Crippen LogP contribution in [-0.2, 0) is 15.1 Å². The number of hydrogen-bond acceptors (Lipinski definition) is 7. The van der Waals surface area contributed by atoms with Gasteiger partial charge in [0.15, 0.2) is 11.5 Å². The van der Waals surface area contributed by atoms with Crippen LogP contribution in [0.15, 0.2) is 24.8 Å². The van der Waals surface area contributed by atoms with Gasteiger partial charge in [0.1, 0.15) is 12.7 Å². The average molecular weight is 441 g/mol. The minimum atomic E-state index is -0.550. The van der Waals surface area contributed by atoms with Crippen LogP contribution in [-0.4, -0.2) is 48.0 Å². The van der Waals surface area contributed by atoms with Gasteiger partial charge in [-0.3, -0.25) is 4.79 Å². The van der Waals surface area contributed by atoms with E-state index in [0.29, 0.717) is 29.0 Å². The second kappa shape index (κ2) is 7.50. The maximum atomic E-state index is 13.8. The minimum absolute atomic E-state index is 0.0616. The molecule has 4 aliphatic carbocycles. The smallest absolute Gasteiger partial charge is 0.340 e.